The first-order chi connectivity index (χ1) is 18.9. The number of hydrogen-bond donors (Lipinski definition) is 0. The van der Waals surface area contributed by atoms with Gasteiger partial charge in [-0.05, 0) is 48.3 Å². The highest BCUT2D eigenvalue weighted by Crippen LogP contribution is 2.54. The van der Waals surface area contributed by atoms with Gasteiger partial charge in [-0.15, -0.1) is 0 Å². The molecule has 1 saturated heterocycles. The molecule has 1 spiro atoms. The molecule has 1 aromatic carbocycles. The molecule has 2 fully saturated rings. The molecule has 1 aliphatic carbocycles. The number of methoxy groups -OCH3 is 2. The molecule has 0 radical (unpaired) electrons. The van der Waals surface area contributed by atoms with Gasteiger partial charge in [0.05, 0.1) is 25.7 Å². The van der Waals surface area contributed by atoms with Crippen molar-refractivity contribution in [1.29, 1.82) is 0 Å². The van der Waals surface area contributed by atoms with Gasteiger partial charge in [0.2, 0.25) is 0 Å². The van der Waals surface area contributed by atoms with Crippen LogP contribution in [0.5, 0.6) is 5.75 Å². The summed E-state index contributed by atoms with van der Waals surface area (Å²) in [6.07, 6.45) is 5.18. The molecular formula is C32H44O8. The molecule has 0 bridgehead atoms. The van der Waals surface area contributed by atoms with Crippen molar-refractivity contribution in [2.24, 2.45) is 29.1 Å². The summed E-state index contributed by atoms with van der Waals surface area (Å²) >= 11 is 0. The van der Waals surface area contributed by atoms with Gasteiger partial charge in [0.15, 0.2) is 5.78 Å². The van der Waals surface area contributed by atoms with Gasteiger partial charge in [0.1, 0.15) is 30.0 Å². The zero-order chi connectivity index (χ0) is 29.2. The summed E-state index contributed by atoms with van der Waals surface area (Å²) in [4.78, 5) is 38.9. The Morgan fingerprint density at radius 2 is 1.90 bits per heavy atom. The number of ether oxygens (including phenoxy) is 5. The maximum absolute atomic E-state index is 13.6. The van der Waals surface area contributed by atoms with E-state index in [4.69, 9.17) is 23.7 Å². The Hall–Kier alpha value is -2.71. The van der Waals surface area contributed by atoms with Crippen molar-refractivity contribution < 1.29 is 38.1 Å². The number of rotatable bonds is 9. The van der Waals surface area contributed by atoms with Crippen LogP contribution in [-0.2, 0) is 33.3 Å². The average molecular weight is 557 g/mol. The zero-order valence-electron chi connectivity index (χ0n) is 24.8. The molecule has 1 aromatic rings. The fourth-order valence-corrected chi connectivity index (χ4v) is 6.80. The van der Waals surface area contributed by atoms with Crippen molar-refractivity contribution in [2.45, 2.75) is 84.2 Å². The topological polar surface area (TPSA) is 97.4 Å². The first-order valence-corrected chi connectivity index (χ1v) is 14.4. The van der Waals surface area contributed by atoms with Crippen molar-refractivity contribution in [2.75, 3.05) is 20.8 Å². The summed E-state index contributed by atoms with van der Waals surface area (Å²) < 4.78 is 28.9. The lowest BCUT2D eigenvalue weighted by atomic mass is 9.55. The van der Waals surface area contributed by atoms with Gasteiger partial charge in [-0.3, -0.25) is 14.4 Å². The first kappa shape index (κ1) is 30.3. The molecular weight excluding hydrogens is 512 g/mol. The van der Waals surface area contributed by atoms with Crippen LogP contribution in [0, 0.1) is 29.1 Å². The minimum Gasteiger partial charge on any atom is -0.497 e. The van der Waals surface area contributed by atoms with Gasteiger partial charge in [-0.25, -0.2) is 0 Å². The second kappa shape index (κ2) is 12.0. The lowest BCUT2D eigenvalue weighted by Gasteiger charge is -2.56. The standard InChI is InChI=1S/C32H44O8/c1-19(11-12-25(37-7)22-9-8-10-23(15-22)36-6)29-20(2)13-14-32(40-29)27(28(34)21(3)17-31(32,4)5)30(35)39-24-16-26(33)38-18-24/h8-10,13-15,19-21,24-25,27,29H,11-12,16-18H2,1-7H3/t19-,20-,21+,24+,25-,27-,29+,32-/m0/s1. The van der Waals surface area contributed by atoms with Crippen LogP contribution in [0.25, 0.3) is 0 Å². The maximum atomic E-state index is 13.6. The van der Waals surface area contributed by atoms with Crippen molar-refractivity contribution in [3.8, 4) is 5.75 Å². The van der Waals surface area contributed by atoms with Crippen LogP contribution in [0.4, 0.5) is 0 Å². The Kier molecular flexibility index (Phi) is 9.10. The van der Waals surface area contributed by atoms with Gasteiger partial charge in [0, 0.05) is 18.9 Å². The Balaban J connectivity index is 1.56. The Bertz CT molecular complexity index is 1130. The molecule has 0 amide bonds. The van der Waals surface area contributed by atoms with Gasteiger partial charge >= 0.3 is 11.9 Å². The molecule has 4 rings (SSSR count). The SMILES string of the molecule is COc1cccc([C@H](CC[C@H](C)[C@H]2O[C@@]3(C=C[C@@H]2C)[C@H](C(=O)O[C@H]2COC(=O)C2)C(=O)[C@H](C)CC3(C)C)OC)c1. The van der Waals surface area contributed by atoms with Crippen LogP contribution < -0.4 is 4.74 Å². The van der Waals surface area contributed by atoms with E-state index in [0.717, 1.165) is 24.2 Å². The van der Waals surface area contributed by atoms with Crippen LogP contribution in [-0.4, -0.2) is 56.4 Å². The Morgan fingerprint density at radius 1 is 1.15 bits per heavy atom. The molecule has 2 heterocycles. The van der Waals surface area contributed by atoms with E-state index in [-0.39, 0.29) is 48.8 Å². The molecule has 3 aliphatic rings. The highest BCUT2D eigenvalue weighted by Gasteiger charge is 2.63. The van der Waals surface area contributed by atoms with E-state index in [9.17, 15) is 14.4 Å². The van der Waals surface area contributed by atoms with Gasteiger partial charge < -0.3 is 23.7 Å². The average Bonchev–Trinajstić information content (AvgIpc) is 3.33. The monoisotopic (exact) mass is 556 g/mol. The molecule has 220 valence electrons. The van der Waals surface area contributed by atoms with E-state index < -0.39 is 35.0 Å². The predicted octanol–water partition coefficient (Wildman–Crippen LogP) is 5.24. The maximum Gasteiger partial charge on any atom is 0.320 e. The minimum absolute atomic E-state index is 0.0000581. The molecule has 2 aliphatic heterocycles. The van der Waals surface area contributed by atoms with Crippen molar-refractivity contribution in [3.05, 3.63) is 42.0 Å². The van der Waals surface area contributed by atoms with Crippen LogP contribution in [0.1, 0.15) is 72.0 Å². The number of benzene rings is 1. The lowest BCUT2D eigenvalue weighted by molar-refractivity contribution is -0.217. The van der Waals surface area contributed by atoms with Crippen LogP contribution in [0.2, 0.25) is 0 Å². The number of hydrogen-bond acceptors (Lipinski definition) is 8. The number of carbonyl (C=O) groups is 3. The molecule has 0 N–H and O–H groups in total. The third-order valence-electron chi connectivity index (χ3n) is 9.11. The van der Waals surface area contributed by atoms with Crippen molar-refractivity contribution in [3.63, 3.8) is 0 Å². The molecule has 1 saturated carbocycles. The van der Waals surface area contributed by atoms with Gasteiger partial charge in [-0.2, -0.15) is 0 Å². The summed E-state index contributed by atoms with van der Waals surface area (Å²) in [6.45, 7) is 10.3. The third kappa shape index (κ3) is 5.84. The highest BCUT2D eigenvalue weighted by molar-refractivity contribution is 6.03. The summed E-state index contributed by atoms with van der Waals surface area (Å²) in [7, 11) is 3.36. The number of cyclic esters (lactones) is 1. The molecule has 0 aromatic heterocycles. The fraction of sp³-hybridized carbons (Fsp3) is 0.656. The Labute approximate surface area is 237 Å². The second-order valence-electron chi connectivity index (χ2n) is 12.4. The number of Topliss-reactive ketones (excluding diaryl/α,β-unsaturated/α-hetero) is 1. The summed E-state index contributed by atoms with van der Waals surface area (Å²) in [5, 5.41) is 0. The molecule has 8 nitrogen and oxygen atoms in total. The summed E-state index contributed by atoms with van der Waals surface area (Å²) in [6, 6.07) is 7.90. The first-order valence-electron chi connectivity index (χ1n) is 14.4. The van der Waals surface area contributed by atoms with Crippen molar-refractivity contribution in [1.82, 2.24) is 0 Å². The third-order valence-corrected chi connectivity index (χ3v) is 9.11. The fourth-order valence-electron chi connectivity index (χ4n) is 6.80. The molecule has 8 heteroatoms. The lowest BCUT2D eigenvalue weighted by Crippen LogP contribution is -2.65. The number of carbonyl (C=O) groups excluding carboxylic acids is 3. The van der Waals surface area contributed by atoms with Gasteiger partial charge in [0.25, 0.3) is 0 Å². The van der Waals surface area contributed by atoms with Gasteiger partial charge in [-0.1, -0.05) is 58.9 Å². The van der Waals surface area contributed by atoms with E-state index in [0.29, 0.717) is 6.42 Å². The zero-order valence-corrected chi connectivity index (χ0v) is 24.8. The normalized spacial score (nSPS) is 32.9. The molecule has 0 unspecified atom stereocenters. The van der Waals surface area contributed by atoms with Crippen LogP contribution in [0.15, 0.2) is 36.4 Å². The second-order valence-corrected chi connectivity index (χ2v) is 12.4. The van der Waals surface area contributed by atoms with Crippen LogP contribution in [0.3, 0.4) is 0 Å². The van der Waals surface area contributed by atoms with Crippen LogP contribution >= 0.6 is 0 Å². The quantitative estimate of drug-likeness (QED) is 0.231. The van der Waals surface area contributed by atoms with Crippen molar-refractivity contribution >= 4 is 17.7 Å². The number of ketones is 1. The Morgan fingerprint density at radius 3 is 2.55 bits per heavy atom. The summed E-state index contributed by atoms with van der Waals surface area (Å²) in [5.41, 5.74) is -0.625. The van der Waals surface area contributed by atoms with E-state index >= 15 is 0 Å². The van der Waals surface area contributed by atoms with E-state index in [1.807, 2.05) is 37.3 Å². The minimum atomic E-state index is -1.16. The summed E-state index contributed by atoms with van der Waals surface area (Å²) in [5.74, 6) is -1.69. The predicted molar refractivity (Wildman–Crippen MR) is 149 cm³/mol. The largest absolute Gasteiger partial charge is 0.497 e. The van der Waals surface area contributed by atoms with E-state index in [1.165, 1.54) is 0 Å². The molecule has 40 heavy (non-hydrogen) atoms. The molecule has 8 atom stereocenters. The van der Waals surface area contributed by atoms with E-state index in [1.54, 1.807) is 14.2 Å². The smallest absolute Gasteiger partial charge is 0.320 e. The highest BCUT2D eigenvalue weighted by atomic mass is 16.6. The number of esters is 2. The van der Waals surface area contributed by atoms with E-state index in [2.05, 4.69) is 33.8 Å².